The summed E-state index contributed by atoms with van der Waals surface area (Å²) in [5.41, 5.74) is 2.08. The molecule has 0 aliphatic rings. The van der Waals surface area contributed by atoms with Crippen LogP contribution in [0.1, 0.15) is 16.1 Å². The van der Waals surface area contributed by atoms with Crippen molar-refractivity contribution in [2.24, 2.45) is 0 Å². The first kappa shape index (κ1) is 12.4. The lowest BCUT2D eigenvalue weighted by Crippen LogP contribution is -2.05. The molecule has 0 spiro atoms. The van der Waals surface area contributed by atoms with Crippen LogP contribution in [-0.4, -0.2) is 23.3 Å². The van der Waals surface area contributed by atoms with Crippen LogP contribution in [0.2, 0.25) is 5.02 Å². The number of methoxy groups -OCH3 is 1. The fourth-order valence-electron chi connectivity index (χ4n) is 1.48. The van der Waals surface area contributed by atoms with Crippen LogP contribution < -0.4 is 5.32 Å². The van der Waals surface area contributed by atoms with Crippen molar-refractivity contribution in [1.29, 1.82) is 0 Å². The van der Waals surface area contributed by atoms with Gasteiger partial charge in [0, 0.05) is 11.9 Å². The Morgan fingerprint density at radius 2 is 2.33 bits per heavy atom. The second kappa shape index (κ2) is 5.55. The summed E-state index contributed by atoms with van der Waals surface area (Å²) >= 11 is 5.92. The number of hydrogen-bond donors (Lipinski definition) is 2. The molecular formula is C12H12ClN3O2. The summed E-state index contributed by atoms with van der Waals surface area (Å²) in [6.45, 7) is 0.586. The summed E-state index contributed by atoms with van der Waals surface area (Å²) in [6.07, 6.45) is 1.68. The van der Waals surface area contributed by atoms with E-state index < -0.39 is 5.97 Å². The fraction of sp³-hybridized carbons (Fsp3) is 0.167. The summed E-state index contributed by atoms with van der Waals surface area (Å²) in [5, 5.41) is 10.2. The van der Waals surface area contributed by atoms with Crippen molar-refractivity contribution >= 4 is 23.3 Å². The number of carbonyl (C=O) groups is 1. The van der Waals surface area contributed by atoms with Gasteiger partial charge >= 0.3 is 5.97 Å². The monoisotopic (exact) mass is 265 g/mol. The van der Waals surface area contributed by atoms with Gasteiger partial charge in [0.25, 0.3) is 0 Å². The second-order valence-corrected chi connectivity index (χ2v) is 4.03. The number of nitrogens with zero attached hydrogens (tertiary/aromatic N) is 1. The zero-order valence-corrected chi connectivity index (χ0v) is 10.5. The molecule has 2 aromatic rings. The number of aromatic nitrogens is 2. The quantitative estimate of drug-likeness (QED) is 0.834. The van der Waals surface area contributed by atoms with E-state index in [9.17, 15) is 4.79 Å². The van der Waals surface area contributed by atoms with Crippen molar-refractivity contribution in [2.75, 3.05) is 12.4 Å². The molecule has 0 unspecified atom stereocenters. The summed E-state index contributed by atoms with van der Waals surface area (Å²) in [7, 11) is 1.32. The summed E-state index contributed by atoms with van der Waals surface area (Å²) in [5.74, 6) is -0.454. The van der Waals surface area contributed by atoms with Crippen molar-refractivity contribution < 1.29 is 9.53 Å². The highest BCUT2D eigenvalue weighted by atomic mass is 35.5. The van der Waals surface area contributed by atoms with Crippen LogP contribution in [0, 0.1) is 0 Å². The number of rotatable bonds is 4. The Bertz CT molecular complexity index is 540. The van der Waals surface area contributed by atoms with E-state index in [0.717, 1.165) is 11.4 Å². The molecule has 1 aromatic heterocycles. The van der Waals surface area contributed by atoms with E-state index in [4.69, 9.17) is 11.6 Å². The summed E-state index contributed by atoms with van der Waals surface area (Å²) in [4.78, 5) is 11.5. The van der Waals surface area contributed by atoms with Crippen LogP contribution in [0.15, 0.2) is 30.5 Å². The predicted octanol–water partition coefficient (Wildman–Crippen LogP) is 2.46. The molecule has 1 aromatic carbocycles. The van der Waals surface area contributed by atoms with Gasteiger partial charge in [0.2, 0.25) is 0 Å². The van der Waals surface area contributed by atoms with Gasteiger partial charge in [0.15, 0.2) is 0 Å². The van der Waals surface area contributed by atoms with E-state index in [0.29, 0.717) is 17.1 Å². The van der Waals surface area contributed by atoms with Crippen LogP contribution in [-0.2, 0) is 11.3 Å². The van der Waals surface area contributed by atoms with E-state index in [1.54, 1.807) is 24.4 Å². The third-order valence-corrected chi connectivity index (χ3v) is 2.74. The molecule has 1 heterocycles. The highest BCUT2D eigenvalue weighted by molar-refractivity contribution is 6.33. The van der Waals surface area contributed by atoms with Gasteiger partial charge in [-0.3, -0.25) is 5.10 Å². The Labute approximate surface area is 109 Å². The third-order valence-electron chi connectivity index (χ3n) is 2.41. The number of H-pyrrole nitrogens is 1. The van der Waals surface area contributed by atoms with Gasteiger partial charge in [-0.15, -0.1) is 0 Å². The van der Waals surface area contributed by atoms with Gasteiger partial charge in [0.1, 0.15) is 0 Å². The molecule has 0 aliphatic carbocycles. The largest absolute Gasteiger partial charge is 0.465 e. The van der Waals surface area contributed by atoms with Gasteiger partial charge < -0.3 is 10.1 Å². The molecule has 0 saturated carbocycles. The number of halogens is 1. The molecule has 18 heavy (non-hydrogen) atoms. The minimum atomic E-state index is -0.454. The SMILES string of the molecule is COC(=O)c1cc(NCc2ccn[nH]2)ccc1Cl. The molecule has 0 fully saturated rings. The average Bonchev–Trinajstić information content (AvgIpc) is 2.90. The van der Waals surface area contributed by atoms with Crippen molar-refractivity contribution in [1.82, 2.24) is 10.2 Å². The highest BCUT2D eigenvalue weighted by Crippen LogP contribution is 2.21. The Kier molecular flexibility index (Phi) is 3.84. The smallest absolute Gasteiger partial charge is 0.339 e. The molecule has 0 saturated heterocycles. The molecule has 6 heteroatoms. The van der Waals surface area contributed by atoms with Gasteiger partial charge in [0.05, 0.1) is 29.9 Å². The Morgan fingerprint density at radius 3 is 3.00 bits per heavy atom. The summed E-state index contributed by atoms with van der Waals surface area (Å²) in [6, 6.07) is 6.98. The first-order valence-corrected chi connectivity index (χ1v) is 5.68. The fourth-order valence-corrected chi connectivity index (χ4v) is 1.68. The van der Waals surface area contributed by atoms with Crippen molar-refractivity contribution in [3.63, 3.8) is 0 Å². The third kappa shape index (κ3) is 2.81. The number of carbonyl (C=O) groups excluding carboxylic acids is 1. The normalized spacial score (nSPS) is 10.1. The number of benzene rings is 1. The van der Waals surface area contributed by atoms with Crippen LogP contribution in [0.3, 0.4) is 0 Å². The molecule has 0 radical (unpaired) electrons. The van der Waals surface area contributed by atoms with Gasteiger partial charge in [-0.05, 0) is 24.3 Å². The van der Waals surface area contributed by atoms with E-state index in [1.165, 1.54) is 7.11 Å². The molecule has 0 bridgehead atoms. The van der Waals surface area contributed by atoms with E-state index in [1.807, 2.05) is 6.07 Å². The van der Waals surface area contributed by atoms with E-state index >= 15 is 0 Å². The van der Waals surface area contributed by atoms with Crippen LogP contribution in [0.5, 0.6) is 0 Å². The topological polar surface area (TPSA) is 67.0 Å². The minimum Gasteiger partial charge on any atom is -0.465 e. The van der Waals surface area contributed by atoms with Gasteiger partial charge in [-0.1, -0.05) is 11.6 Å². The predicted molar refractivity (Wildman–Crippen MR) is 68.7 cm³/mol. The van der Waals surface area contributed by atoms with Crippen molar-refractivity contribution in [3.8, 4) is 0 Å². The molecule has 5 nitrogen and oxygen atoms in total. The van der Waals surface area contributed by atoms with Crippen molar-refractivity contribution in [3.05, 3.63) is 46.7 Å². The van der Waals surface area contributed by atoms with E-state index in [-0.39, 0.29) is 0 Å². The van der Waals surface area contributed by atoms with Crippen LogP contribution in [0.4, 0.5) is 5.69 Å². The highest BCUT2D eigenvalue weighted by Gasteiger charge is 2.11. The van der Waals surface area contributed by atoms with Crippen molar-refractivity contribution in [2.45, 2.75) is 6.54 Å². The number of hydrogen-bond acceptors (Lipinski definition) is 4. The number of anilines is 1. The summed E-state index contributed by atoms with van der Waals surface area (Å²) < 4.78 is 4.66. The second-order valence-electron chi connectivity index (χ2n) is 3.62. The van der Waals surface area contributed by atoms with Gasteiger partial charge in [-0.2, -0.15) is 5.10 Å². The number of ether oxygens (including phenoxy) is 1. The Hall–Kier alpha value is -2.01. The van der Waals surface area contributed by atoms with Crippen LogP contribution >= 0.6 is 11.6 Å². The van der Waals surface area contributed by atoms with Gasteiger partial charge in [-0.25, -0.2) is 4.79 Å². The first-order chi connectivity index (χ1) is 8.70. The van der Waals surface area contributed by atoms with Crippen LogP contribution in [0.25, 0.3) is 0 Å². The average molecular weight is 266 g/mol. The Morgan fingerprint density at radius 1 is 1.50 bits per heavy atom. The zero-order valence-electron chi connectivity index (χ0n) is 9.74. The lowest BCUT2D eigenvalue weighted by Gasteiger charge is -2.08. The number of esters is 1. The minimum absolute atomic E-state index is 0.341. The lowest BCUT2D eigenvalue weighted by molar-refractivity contribution is 0.0601. The molecule has 0 atom stereocenters. The van der Waals surface area contributed by atoms with E-state index in [2.05, 4.69) is 20.3 Å². The zero-order chi connectivity index (χ0) is 13.0. The standard InChI is InChI=1S/C12H12ClN3O2/c1-18-12(17)10-6-8(2-3-11(10)13)14-7-9-4-5-15-16-9/h2-6,14H,7H2,1H3,(H,15,16). The number of nitrogens with one attached hydrogen (secondary N) is 2. The molecule has 0 amide bonds. The lowest BCUT2D eigenvalue weighted by atomic mass is 10.2. The molecule has 2 N–H and O–H groups in total. The maximum atomic E-state index is 11.5. The molecule has 94 valence electrons. The maximum Gasteiger partial charge on any atom is 0.339 e. The molecule has 2 rings (SSSR count). The Balaban J connectivity index is 2.12. The molecule has 0 aliphatic heterocycles. The first-order valence-electron chi connectivity index (χ1n) is 5.30. The number of aromatic amines is 1. The molecular weight excluding hydrogens is 254 g/mol. The maximum absolute atomic E-state index is 11.5.